The topological polar surface area (TPSA) is 36.7 Å². The quantitative estimate of drug-likeness (QED) is 0.698. The average Bonchev–Trinajstić information content (AvgIpc) is 2.45. The molecule has 0 bridgehead atoms. The second-order valence-corrected chi connectivity index (χ2v) is 4.49. The normalized spacial score (nSPS) is 9.67. The number of thiazole rings is 1. The third-order valence-electron chi connectivity index (χ3n) is 1.27. The van der Waals surface area contributed by atoms with Crippen LogP contribution in [0.2, 0.25) is 0 Å². The van der Waals surface area contributed by atoms with Crippen molar-refractivity contribution in [2.75, 3.05) is 5.75 Å². The molecule has 12 heavy (non-hydrogen) atoms. The van der Waals surface area contributed by atoms with Crippen molar-refractivity contribution in [1.82, 2.24) is 4.98 Å². The predicted octanol–water partition coefficient (Wildman–Crippen LogP) is 2.60. The highest BCUT2D eigenvalue weighted by Gasteiger charge is 1.97. The fourth-order valence-electron chi connectivity index (χ4n) is 0.769. The Morgan fingerprint density at radius 3 is 3.17 bits per heavy atom. The first-order valence-electron chi connectivity index (χ1n) is 3.68. The minimum atomic E-state index is 0.633. The summed E-state index contributed by atoms with van der Waals surface area (Å²) in [4.78, 5) is 4.32. The summed E-state index contributed by atoms with van der Waals surface area (Å²) in [6, 6.07) is 2.12. The molecule has 0 aromatic carbocycles. The molecule has 0 unspecified atom stereocenters. The van der Waals surface area contributed by atoms with Gasteiger partial charge in [0.1, 0.15) is 0 Å². The molecule has 0 spiro atoms. The van der Waals surface area contributed by atoms with Crippen LogP contribution >= 0.6 is 23.1 Å². The lowest BCUT2D eigenvalue weighted by atomic mass is 10.6. The second kappa shape index (κ2) is 5.18. The molecule has 0 amide bonds. The molecule has 0 aliphatic heterocycles. The van der Waals surface area contributed by atoms with Crippen molar-refractivity contribution in [3.05, 3.63) is 16.1 Å². The number of hydrogen-bond acceptors (Lipinski definition) is 4. The van der Waals surface area contributed by atoms with Crippen LogP contribution in [0.4, 0.5) is 0 Å². The minimum Gasteiger partial charge on any atom is -0.246 e. The van der Waals surface area contributed by atoms with Gasteiger partial charge in [0.05, 0.1) is 16.8 Å². The van der Waals surface area contributed by atoms with Crippen LogP contribution < -0.4 is 0 Å². The Bertz CT molecular complexity index is 275. The third-order valence-corrected chi connectivity index (χ3v) is 3.09. The standard InChI is InChI=1S/C8H10N2S2/c1-7-10-8(6-12-7)5-11-4-2-3-9/h6H,2,4-5H2,1H3. The van der Waals surface area contributed by atoms with Gasteiger partial charge in [-0.2, -0.15) is 17.0 Å². The average molecular weight is 198 g/mol. The van der Waals surface area contributed by atoms with Crippen molar-refractivity contribution in [2.24, 2.45) is 0 Å². The monoisotopic (exact) mass is 198 g/mol. The van der Waals surface area contributed by atoms with E-state index in [0.717, 1.165) is 22.2 Å². The van der Waals surface area contributed by atoms with Crippen LogP contribution in [0.25, 0.3) is 0 Å². The highest BCUT2D eigenvalue weighted by molar-refractivity contribution is 7.98. The zero-order valence-corrected chi connectivity index (χ0v) is 8.54. The van der Waals surface area contributed by atoms with E-state index in [2.05, 4.69) is 16.4 Å². The van der Waals surface area contributed by atoms with E-state index in [1.807, 2.05) is 6.92 Å². The maximum Gasteiger partial charge on any atom is 0.0897 e. The van der Waals surface area contributed by atoms with Gasteiger partial charge in [-0.3, -0.25) is 0 Å². The van der Waals surface area contributed by atoms with Crippen molar-refractivity contribution in [2.45, 2.75) is 19.1 Å². The van der Waals surface area contributed by atoms with Crippen molar-refractivity contribution in [1.29, 1.82) is 5.26 Å². The molecule has 2 nitrogen and oxygen atoms in total. The Balaban J connectivity index is 2.21. The van der Waals surface area contributed by atoms with Gasteiger partial charge in [0.25, 0.3) is 0 Å². The van der Waals surface area contributed by atoms with Crippen LogP contribution in [0.3, 0.4) is 0 Å². The molecule has 1 heterocycles. The zero-order valence-electron chi connectivity index (χ0n) is 6.91. The number of hydrogen-bond donors (Lipinski definition) is 0. The van der Waals surface area contributed by atoms with Gasteiger partial charge in [0.2, 0.25) is 0 Å². The number of rotatable bonds is 4. The van der Waals surface area contributed by atoms with E-state index in [-0.39, 0.29) is 0 Å². The first-order chi connectivity index (χ1) is 5.83. The number of aryl methyl sites for hydroxylation is 1. The van der Waals surface area contributed by atoms with Crippen molar-refractivity contribution < 1.29 is 0 Å². The summed E-state index contributed by atoms with van der Waals surface area (Å²) in [6.45, 7) is 2.01. The summed E-state index contributed by atoms with van der Waals surface area (Å²) < 4.78 is 0. The van der Waals surface area contributed by atoms with Crippen molar-refractivity contribution in [3.8, 4) is 6.07 Å². The minimum absolute atomic E-state index is 0.633. The predicted molar refractivity (Wildman–Crippen MR) is 53.2 cm³/mol. The van der Waals surface area contributed by atoms with Gasteiger partial charge in [-0.05, 0) is 6.92 Å². The van der Waals surface area contributed by atoms with Crippen molar-refractivity contribution >= 4 is 23.1 Å². The van der Waals surface area contributed by atoms with Gasteiger partial charge in [-0.25, -0.2) is 4.98 Å². The number of thioether (sulfide) groups is 1. The summed E-state index contributed by atoms with van der Waals surface area (Å²) in [5, 5.41) is 11.5. The molecular weight excluding hydrogens is 188 g/mol. The van der Waals surface area contributed by atoms with Gasteiger partial charge >= 0.3 is 0 Å². The lowest BCUT2D eigenvalue weighted by Gasteiger charge is -1.92. The fraction of sp³-hybridized carbons (Fsp3) is 0.500. The molecule has 0 saturated carbocycles. The van der Waals surface area contributed by atoms with E-state index in [1.165, 1.54) is 0 Å². The van der Waals surface area contributed by atoms with Crippen LogP contribution in [-0.4, -0.2) is 10.7 Å². The van der Waals surface area contributed by atoms with Crippen LogP contribution in [-0.2, 0) is 5.75 Å². The molecule has 64 valence electrons. The Labute approximate surface area is 80.6 Å². The molecule has 0 aliphatic carbocycles. The van der Waals surface area contributed by atoms with E-state index in [0.29, 0.717) is 6.42 Å². The Hall–Kier alpha value is -0.530. The van der Waals surface area contributed by atoms with Crippen LogP contribution in [0.1, 0.15) is 17.1 Å². The molecule has 0 atom stereocenters. The molecule has 1 rings (SSSR count). The molecule has 1 aromatic rings. The highest BCUT2D eigenvalue weighted by atomic mass is 32.2. The molecule has 0 aliphatic rings. The Morgan fingerprint density at radius 1 is 1.75 bits per heavy atom. The SMILES string of the molecule is Cc1nc(CSCCC#N)cs1. The Kier molecular flexibility index (Phi) is 4.12. The van der Waals surface area contributed by atoms with Crippen LogP contribution in [0.5, 0.6) is 0 Å². The number of nitrogens with zero attached hydrogens (tertiary/aromatic N) is 2. The van der Waals surface area contributed by atoms with Gasteiger partial charge in [0, 0.05) is 23.3 Å². The van der Waals surface area contributed by atoms with E-state index in [1.54, 1.807) is 23.1 Å². The number of nitriles is 1. The molecular formula is C8H10N2S2. The summed E-state index contributed by atoms with van der Waals surface area (Å²) in [6.07, 6.45) is 0.633. The van der Waals surface area contributed by atoms with E-state index in [4.69, 9.17) is 5.26 Å². The highest BCUT2D eigenvalue weighted by Crippen LogP contribution is 2.15. The van der Waals surface area contributed by atoms with E-state index in [9.17, 15) is 0 Å². The maximum atomic E-state index is 8.29. The largest absolute Gasteiger partial charge is 0.246 e. The lowest BCUT2D eigenvalue weighted by molar-refractivity contribution is 1.17. The van der Waals surface area contributed by atoms with Crippen LogP contribution in [0.15, 0.2) is 5.38 Å². The number of aromatic nitrogens is 1. The molecule has 0 N–H and O–H groups in total. The summed E-state index contributed by atoms with van der Waals surface area (Å²) in [5.41, 5.74) is 1.14. The van der Waals surface area contributed by atoms with Gasteiger partial charge in [-0.15, -0.1) is 11.3 Å². The molecule has 0 fully saturated rings. The maximum absolute atomic E-state index is 8.29. The molecule has 0 saturated heterocycles. The first kappa shape index (κ1) is 9.56. The van der Waals surface area contributed by atoms with Gasteiger partial charge < -0.3 is 0 Å². The molecule has 4 heteroatoms. The van der Waals surface area contributed by atoms with E-state index < -0.39 is 0 Å². The summed E-state index contributed by atoms with van der Waals surface area (Å²) in [5.74, 6) is 1.85. The first-order valence-corrected chi connectivity index (χ1v) is 5.72. The fourth-order valence-corrected chi connectivity index (χ4v) is 2.22. The van der Waals surface area contributed by atoms with Crippen molar-refractivity contribution in [3.63, 3.8) is 0 Å². The molecule has 0 radical (unpaired) electrons. The summed E-state index contributed by atoms with van der Waals surface area (Å²) in [7, 11) is 0. The molecule has 1 aromatic heterocycles. The zero-order chi connectivity index (χ0) is 8.81. The van der Waals surface area contributed by atoms with Crippen LogP contribution in [0, 0.1) is 18.3 Å². The van der Waals surface area contributed by atoms with Gasteiger partial charge in [-0.1, -0.05) is 0 Å². The summed E-state index contributed by atoms with van der Waals surface area (Å²) >= 11 is 3.44. The third kappa shape index (κ3) is 3.24. The Morgan fingerprint density at radius 2 is 2.58 bits per heavy atom. The van der Waals surface area contributed by atoms with E-state index >= 15 is 0 Å². The smallest absolute Gasteiger partial charge is 0.0897 e. The second-order valence-electron chi connectivity index (χ2n) is 2.32. The lowest BCUT2D eigenvalue weighted by Crippen LogP contribution is -1.82. The van der Waals surface area contributed by atoms with Gasteiger partial charge in [0.15, 0.2) is 0 Å².